The zero-order chi connectivity index (χ0) is 9.14. The van der Waals surface area contributed by atoms with Gasteiger partial charge in [0.1, 0.15) is 5.76 Å². The van der Waals surface area contributed by atoms with Gasteiger partial charge in [0, 0.05) is 0 Å². The Morgan fingerprint density at radius 2 is 2.33 bits per heavy atom. The van der Waals surface area contributed by atoms with Gasteiger partial charge in [0.2, 0.25) is 0 Å². The molecule has 2 nitrogen and oxygen atoms in total. The van der Waals surface area contributed by atoms with Crippen molar-refractivity contribution >= 4 is 10.8 Å². The van der Waals surface area contributed by atoms with Gasteiger partial charge >= 0.3 is 0 Å². The highest BCUT2D eigenvalue weighted by Gasteiger charge is 2.07. The number of rotatable bonds is 3. The van der Waals surface area contributed by atoms with Crippen molar-refractivity contribution in [3.05, 3.63) is 30.0 Å². The van der Waals surface area contributed by atoms with E-state index in [1.54, 1.807) is 6.07 Å². The monoisotopic (exact) mass is 184 g/mol. The van der Waals surface area contributed by atoms with Gasteiger partial charge in [-0.1, -0.05) is 12.2 Å². The van der Waals surface area contributed by atoms with Crippen molar-refractivity contribution in [3.63, 3.8) is 0 Å². The maximum absolute atomic E-state index is 11.4. The van der Waals surface area contributed by atoms with E-state index in [4.69, 9.17) is 4.42 Å². The van der Waals surface area contributed by atoms with Crippen molar-refractivity contribution in [2.24, 2.45) is 0 Å². The average Bonchev–Trinajstić information content (AvgIpc) is 2.34. The van der Waals surface area contributed by atoms with Crippen LogP contribution in [0.3, 0.4) is 0 Å². The molecule has 66 valence electrons. The second-order valence-corrected chi connectivity index (χ2v) is 4.19. The summed E-state index contributed by atoms with van der Waals surface area (Å²) in [6, 6.07) is 3.56. The van der Waals surface area contributed by atoms with Crippen LogP contribution < -0.4 is 0 Å². The maximum Gasteiger partial charge on any atom is 0.190 e. The van der Waals surface area contributed by atoms with E-state index >= 15 is 0 Å². The molecule has 1 heterocycles. The molecule has 0 saturated carbocycles. The third kappa shape index (κ3) is 2.34. The van der Waals surface area contributed by atoms with Gasteiger partial charge in [-0.25, -0.2) is 0 Å². The summed E-state index contributed by atoms with van der Waals surface area (Å²) in [5.74, 6) is 1.27. The first-order valence-electron chi connectivity index (χ1n) is 3.69. The fourth-order valence-corrected chi connectivity index (χ4v) is 1.86. The van der Waals surface area contributed by atoms with E-state index in [0.717, 1.165) is 11.3 Å². The summed E-state index contributed by atoms with van der Waals surface area (Å²) in [6.45, 7) is 7.38. The van der Waals surface area contributed by atoms with Crippen molar-refractivity contribution in [2.75, 3.05) is 5.75 Å². The molecule has 0 amide bonds. The molecule has 0 aliphatic rings. The van der Waals surface area contributed by atoms with Crippen molar-refractivity contribution < 1.29 is 8.63 Å². The molecule has 0 aromatic carbocycles. The van der Waals surface area contributed by atoms with E-state index in [1.165, 1.54) is 0 Å². The Morgan fingerprint density at radius 3 is 2.75 bits per heavy atom. The standard InChI is InChI=1S/C9H12O2S/c1-7(2)6-12(10)9-5-4-8(3)11-9/h4-5H,1,6H2,2-3H3. The summed E-state index contributed by atoms with van der Waals surface area (Å²) >= 11 is 0. The zero-order valence-corrected chi connectivity index (χ0v) is 8.11. The molecule has 0 aliphatic carbocycles. The highest BCUT2D eigenvalue weighted by atomic mass is 32.2. The Morgan fingerprint density at radius 1 is 1.67 bits per heavy atom. The molecule has 1 aromatic heterocycles. The minimum absolute atomic E-state index is 0.479. The van der Waals surface area contributed by atoms with Crippen LogP contribution in [0, 0.1) is 6.92 Å². The van der Waals surface area contributed by atoms with Crippen LogP contribution >= 0.6 is 0 Å². The summed E-state index contributed by atoms with van der Waals surface area (Å²) in [5.41, 5.74) is 0.905. The molecule has 0 aliphatic heterocycles. The van der Waals surface area contributed by atoms with E-state index in [9.17, 15) is 4.21 Å². The second kappa shape index (κ2) is 3.72. The third-order valence-corrected chi connectivity index (χ3v) is 2.74. The van der Waals surface area contributed by atoms with E-state index in [1.807, 2.05) is 19.9 Å². The van der Waals surface area contributed by atoms with Gasteiger partial charge in [-0.15, -0.1) is 0 Å². The van der Waals surface area contributed by atoms with Crippen molar-refractivity contribution in [1.82, 2.24) is 0 Å². The van der Waals surface area contributed by atoms with Crippen LogP contribution in [0.15, 0.2) is 33.8 Å². The molecule has 1 rings (SSSR count). The quantitative estimate of drug-likeness (QED) is 0.674. The topological polar surface area (TPSA) is 30.2 Å². The SMILES string of the molecule is C=C(C)CS(=O)c1ccc(C)o1. The van der Waals surface area contributed by atoms with Gasteiger partial charge < -0.3 is 4.42 Å². The molecular formula is C9H12O2S. The number of hydrogen-bond acceptors (Lipinski definition) is 2. The van der Waals surface area contributed by atoms with E-state index in [-0.39, 0.29) is 0 Å². The molecule has 3 heteroatoms. The maximum atomic E-state index is 11.4. The van der Waals surface area contributed by atoms with Crippen LogP contribution in [0.1, 0.15) is 12.7 Å². The van der Waals surface area contributed by atoms with E-state index in [0.29, 0.717) is 10.8 Å². The largest absolute Gasteiger partial charge is 0.453 e. The molecule has 0 saturated heterocycles. The van der Waals surface area contributed by atoms with Crippen LogP contribution in [-0.4, -0.2) is 9.96 Å². The van der Waals surface area contributed by atoms with Crippen LogP contribution in [0.25, 0.3) is 0 Å². The third-order valence-electron chi connectivity index (χ3n) is 1.32. The molecule has 0 spiro atoms. The number of aryl methyl sites for hydroxylation is 1. The lowest BCUT2D eigenvalue weighted by molar-refractivity contribution is 0.441. The smallest absolute Gasteiger partial charge is 0.190 e. The summed E-state index contributed by atoms with van der Waals surface area (Å²) < 4.78 is 16.6. The first kappa shape index (κ1) is 9.26. The predicted octanol–water partition coefficient (Wildman–Crippen LogP) is 2.27. The first-order valence-corrected chi connectivity index (χ1v) is 5.00. The Labute approximate surface area is 74.7 Å². The molecule has 0 radical (unpaired) electrons. The van der Waals surface area contributed by atoms with Crippen LogP contribution in [0.4, 0.5) is 0 Å². The Kier molecular flexibility index (Phi) is 2.87. The molecule has 0 fully saturated rings. The van der Waals surface area contributed by atoms with Gasteiger partial charge in [0.05, 0.1) is 16.6 Å². The average molecular weight is 184 g/mol. The minimum atomic E-state index is -1.06. The Bertz CT molecular complexity index is 312. The van der Waals surface area contributed by atoms with Gasteiger partial charge in [0.25, 0.3) is 0 Å². The fourth-order valence-electron chi connectivity index (χ4n) is 0.829. The van der Waals surface area contributed by atoms with Gasteiger partial charge in [-0.3, -0.25) is 4.21 Å². The zero-order valence-electron chi connectivity index (χ0n) is 7.29. The number of furan rings is 1. The fraction of sp³-hybridized carbons (Fsp3) is 0.333. The van der Waals surface area contributed by atoms with Crippen LogP contribution in [0.5, 0.6) is 0 Å². The predicted molar refractivity (Wildman–Crippen MR) is 49.5 cm³/mol. The lowest BCUT2D eigenvalue weighted by atomic mass is 10.4. The van der Waals surface area contributed by atoms with Crippen molar-refractivity contribution in [1.29, 1.82) is 0 Å². The van der Waals surface area contributed by atoms with E-state index < -0.39 is 10.8 Å². The summed E-state index contributed by atoms with van der Waals surface area (Å²) in [6.07, 6.45) is 0. The molecule has 12 heavy (non-hydrogen) atoms. The van der Waals surface area contributed by atoms with Gasteiger partial charge in [-0.2, -0.15) is 0 Å². The molecule has 1 unspecified atom stereocenters. The molecule has 0 bridgehead atoms. The van der Waals surface area contributed by atoms with Gasteiger partial charge in [-0.05, 0) is 26.0 Å². The summed E-state index contributed by atoms with van der Waals surface area (Å²) in [5, 5.41) is 0.538. The van der Waals surface area contributed by atoms with Crippen molar-refractivity contribution in [2.45, 2.75) is 18.9 Å². The molecule has 1 aromatic rings. The Hall–Kier alpha value is -0.830. The summed E-state index contributed by atoms with van der Waals surface area (Å²) in [4.78, 5) is 0. The lowest BCUT2D eigenvalue weighted by Crippen LogP contribution is -1.96. The van der Waals surface area contributed by atoms with E-state index in [2.05, 4.69) is 6.58 Å². The van der Waals surface area contributed by atoms with Crippen molar-refractivity contribution in [3.8, 4) is 0 Å². The number of hydrogen-bond donors (Lipinski definition) is 0. The van der Waals surface area contributed by atoms with Crippen LogP contribution in [0.2, 0.25) is 0 Å². The summed E-state index contributed by atoms with van der Waals surface area (Å²) in [7, 11) is -1.06. The normalized spacial score (nSPS) is 12.8. The van der Waals surface area contributed by atoms with Gasteiger partial charge in [0.15, 0.2) is 5.09 Å². The first-order chi connectivity index (χ1) is 5.59. The van der Waals surface area contributed by atoms with Crippen LogP contribution in [-0.2, 0) is 10.8 Å². The highest BCUT2D eigenvalue weighted by molar-refractivity contribution is 7.85. The molecular weight excluding hydrogens is 172 g/mol. The highest BCUT2D eigenvalue weighted by Crippen LogP contribution is 2.12. The second-order valence-electron chi connectivity index (χ2n) is 2.81. The minimum Gasteiger partial charge on any atom is -0.453 e. The Balaban J connectivity index is 2.72. The molecule has 0 N–H and O–H groups in total. The molecule has 1 atom stereocenters. The lowest BCUT2D eigenvalue weighted by Gasteiger charge is -1.96.